The fourth-order valence-corrected chi connectivity index (χ4v) is 2.07. The highest BCUT2D eigenvalue weighted by Crippen LogP contribution is 2.41. The topological polar surface area (TPSA) is 61.3 Å². The molecule has 0 aliphatic heterocycles. The third-order valence-electron chi connectivity index (χ3n) is 3.00. The molecule has 0 saturated carbocycles. The molecule has 0 radical (unpaired) electrons. The molecule has 2 rings (SSSR count). The van der Waals surface area contributed by atoms with Crippen molar-refractivity contribution >= 4 is 17.3 Å². The van der Waals surface area contributed by atoms with Crippen LogP contribution in [-0.4, -0.2) is 12.3 Å². The fraction of sp³-hybridized carbons (Fsp3) is 0.308. The summed E-state index contributed by atoms with van der Waals surface area (Å²) in [5, 5.41) is 4.54. The Morgan fingerprint density at radius 3 is 2.50 bits per heavy atom. The van der Waals surface area contributed by atoms with Crippen LogP contribution in [0, 0.1) is 20.8 Å². The van der Waals surface area contributed by atoms with Crippen molar-refractivity contribution in [1.82, 2.24) is 5.16 Å². The average molecular weight is 267 g/mol. The van der Waals surface area contributed by atoms with E-state index in [1.807, 2.05) is 19.9 Å². The van der Waals surface area contributed by atoms with E-state index in [1.54, 1.807) is 14.0 Å². The minimum absolute atomic E-state index is 0.503. The van der Waals surface area contributed by atoms with Crippen LogP contribution in [-0.2, 0) is 0 Å². The SMILES string of the molecule is COc1cc(C)c(Cl)c(C)c1-c1onc(C)c1N. The van der Waals surface area contributed by atoms with Gasteiger partial charge in [-0.15, -0.1) is 0 Å². The van der Waals surface area contributed by atoms with Crippen LogP contribution in [0.1, 0.15) is 16.8 Å². The van der Waals surface area contributed by atoms with E-state index in [0.29, 0.717) is 27.9 Å². The van der Waals surface area contributed by atoms with Crippen molar-refractivity contribution in [3.8, 4) is 17.1 Å². The van der Waals surface area contributed by atoms with E-state index in [4.69, 9.17) is 26.6 Å². The van der Waals surface area contributed by atoms with Crippen molar-refractivity contribution in [2.45, 2.75) is 20.8 Å². The predicted molar refractivity (Wildman–Crippen MR) is 72.1 cm³/mol. The van der Waals surface area contributed by atoms with Gasteiger partial charge in [-0.3, -0.25) is 0 Å². The zero-order chi connectivity index (χ0) is 13.4. The maximum Gasteiger partial charge on any atom is 0.194 e. The third-order valence-corrected chi connectivity index (χ3v) is 3.58. The first-order valence-corrected chi connectivity index (χ1v) is 5.91. The van der Waals surface area contributed by atoms with Gasteiger partial charge in [0.25, 0.3) is 0 Å². The van der Waals surface area contributed by atoms with Crippen LogP contribution >= 0.6 is 11.6 Å². The van der Waals surface area contributed by atoms with Gasteiger partial charge in [0, 0.05) is 5.02 Å². The van der Waals surface area contributed by atoms with Gasteiger partial charge in [-0.2, -0.15) is 0 Å². The second kappa shape index (κ2) is 4.53. The van der Waals surface area contributed by atoms with E-state index in [0.717, 1.165) is 16.7 Å². The minimum Gasteiger partial charge on any atom is -0.496 e. The maximum absolute atomic E-state index is 6.26. The molecule has 0 atom stereocenters. The molecule has 2 aromatic rings. The molecule has 0 aliphatic rings. The molecule has 0 aliphatic carbocycles. The molecule has 0 amide bonds. The molecule has 0 saturated heterocycles. The number of nitrogens with zero attached hydrogens (tertiary/aromatic N) is 1. The van der Waals surface area contributed by atoms with Crippen LogP contribution in [0.5, 0.6) is 5.75 Å². The highest BCUT2D eigenvalue weighted by Gasteiger charge is 2.21. The van der Waals surface area contributed by atoms with E-state index in [-0.39, 0.29) is 0 Å². The number of nitrogen functional groups attached to an aromatic ring is 1. The van der Waals surface area contributed by atoms with E-state index in [2.05, 4.69) is 5.16 Å². The van der Waals surface area contributed by atoms with Crippen LogP contribution in [0.15, 0.2) is 10.6 Å². The number of rotatable bonds is 2. The van der Waals surface area contributed by atoms with Crippen LogP contribution in [0.3, 0.4) is 0 Å². The quantitative estimate of drug-likeness (QED) is 0.903. The first-order chi connectivity index (χ1) is 8.47. The van der Waals surface area contributed by atoms with E-state index in [9.17, 15) is 0 Å². The molecule has 5 heteroatoms. The zero-order valence-corrected chi connectivity index (χ0v) is 11.6. The van der Waals surface area contributed by atoms with Gasteiger partial charge < -0.3 is 15.0 Å². The highest BCUT2D eigenvalue weighted by molar-refractivity contribution is 6.32. The van der Waals surface area contributed by atoms with E-state index in [1.165, 1.54) is 0 Å². The van der Waals surface area contributed by atoms with Crippen molar-refractivity contribution in [2.75, 3.05) is 12.8 Å². The molecular formula is C13H15ClN2O2. The molecule has 18 heavy (non-hydrogen) atoms. The Morgan fingerprint density at radius 1 is 1.33 bits per heavy atom. The molecule has 1 heterocycles. The monoisotopic (exact) mass is 266 g/mol. The van der Waals surface area contributed by atoms with Gasteiger partial charge in [-0.05, 0) is 38.0 Å². The maximum atomic E-state index is 6.26. The van der Waals surface area contributed by atoms with Crippen molar-refractivity contribution in [3.05, 3.63) is 27.9 Å². The van der Waals surface area contributed by atoms with Crippen LogP contribution in [0.4, 0.5) is 5.69 Å². The molecule has 96 valence electrons. The zero-order valence-electron chi connectivity index (χ0n) is 10.8. The van der Waals surface area contributed by atoms with Gasteiger partial charge in [0.2, 0.25) is 0 Å². The third kappa shape index (κ3) is 1.82. The first-order valence-electron chi connectivity index (χ1n) is 5.53. The van der Waals surface area contributed by atoms with E-state index < -0.39 is 0 Å². The molecular weight excluding hydrogens is 252 g/mol. The Kier molecular flexibility index (Phi) is 3.22. The number of methoxy groups -OCH3 is 1. The summed E-state index contributed by atoms with van der Waals surface area (Å²) in [7, 11) is 1.60. The van der Waals surface area contributed by atoms with Crippen LogP contribution < -0.4 is 10.5 Å². The Bertz CT molecular complexity index is 606. The Balaban J connectivity index is 2.78. The molecule has 0 fully saturated rings. The van der Waals surface area contributed by atoms with Gasteiger partial charge >= 0.3 is 0 Å². The number of hydrogen-bond donors (Lipinski definition) is 1. The Hall–Kier alpha value is -1.68. The lowest BCUT2D eigenvalue weighted by molar-refractivity contribution is 0.404. The second-order valence-corrected chi connectivity index (χ2v) is 4.60. The van der Waals surface area contributed by atoms with Gasteiger partial charge in [0.15, 0.2) is 5.76 Å². The summed E-state index contributed by atoms with van der Waals surface area (Å²) < 4.78 is 10.7. The normalized spacial score (nSPS) is 10.7. The predicted octanol–water partition coefficient (Wildman–Crippen LogP) is 3.51. The minimum atomic E-state index is 0.503. The number of aromatic nitrogens is 1. The number of halogens is 1. The second-order valence-electron chi connectivity index (χ2n) is 4.22. The number of aryl methyl sites for hydroxylation is 2. The summed E-state index contributed by atoms with van der Waals surface area (Å²) in [6.07, 6.45) is 0. The number of ether oxygens (including phenoxy) is 1. The Labute approximate surface area is 111 Å². The fourth-order valence-electron chi connectivity index (χ4n) is 1.92. The lowest BCUT2D eigenvalue weighted by atomic mass is 10.0. The van der Waals surface area contributed by atoms with Gasteiger partial charge in [0.05, 0.1) is 12.7 Å². The largest absolute Gasteiger partial charge is 0.496 e. The Morgan fingerprint density at radius 2 is 2.00 bits per heavy atom. The van der Waals surface area contributed by atoms with Crippen LogP contribution in [0.25, 0.3) is 11.3 Å². The van der Waals surface area contributed by atoms with Gasteiger partial charge in [0.1, 0.15) is 17.1 Å². The van der Waals surface area contributed by atoms with Gasteiger partial charge in [-0.1, -0.05) is 16.8 Å². The molecule has 2 N–H and O–H groups in total. The summed E-state index contributed by atoms with van der Waals surface area (Å²) in [4.78, 5) is 0. The summed E-state index contributed by atoms with van der Waals surface area (Å²) in [5.41, 5.74) is 9.70. The smallest absolute Gasteiger partial charge is 0.194 e. The highest BCUT2D eigenvalue weighted by atomic mass is 35.5. The lowest BCUT2D eigenvalue weighted by Crippen LogP contribution is -1.96. The molecule has 1 aromatic carbocycles. The molecule has 0 bridgehead atoms. The number of anilines is 1. The van der Waals surface area contributed by atoms with Gasteiger partial charge in [-0.25, -0.2) is 0 Å². The first kappa shape index (κ1) is 12.8. The number of nitrogens with two attached hydrogens (primary N) is 1. The lowest BCUT2D eigenvalue weighted by Gasteiger charge is -2.13. The molecule has 0 spiro atoms. The van der Waals surface area contributed by atoms with Crippen molar-refractivity contribution in [1.29, 1.82) is 0 Å². The number of hydrogen-bond acceptors (Lipinski definition) is 4. The summed E-state index contributed by atoms with van der Waals surface area (Å²) in [6.45, 7) is 5.63. The van der Waals surface area contributed by atoms with Crippen molar-refractivity contribution in [2.24, 2.45) is 0 Å². The molecule has 1 aromatic heterocycles. The van der Waals surface area contributed by atoms with Crippen molar-refractivity contribution in [3.63, 3.8) is 0 Å². The van der Waals surface area contributed by atoms with Crippen LogP contribution in [0.2, 0.25) is 5.02 Å². The summed E-state index contributed by atoms with van der Waals surface area (Å²) in [5.74, 6) is 1.18. The average Bonchev–Trinajstić information content (AvgIpc) is 2.67. The summed E-state index contributed by atoms with van der Waals surface area (Å²) in [6, 6.07) is 1.86. The standard InChI is InChI=1S/C13H15ClN2O2/c1-6-5-9(17-4)10(7(2)11(6)14)13-12(15)8(3)16-18-13/h5H,15H2,1-4H3. The summed E-state index contributed by atoms with van der Waals surface area (Å²) >= 11 is 6.26. The van der Waals surface area contributed by atoms with Crippen molar-refractivity contribution < 1.29 is 9.26 Å². The van der Waals surface area contributed by atoms with E-state index >= 15 is 0 Å². The molecule has 0 unspecified atom stereocenters. The number of benzene rings is 1. The molecule has 4 nitrogen and oxygen atoms in total.